The number of ether oxygens (including phenoxy) is 3. The highest BCUT2D eigenvalue weighted by atomic mass is 31.2. The smallest absolute Gasteiger partial charge is 0.347 e. The fourth-order valence-electron chi connectivity index (χ4n) is 4.15. The standard InChI is InChI=1S/C21H25N6O8P/c1-2-8-22-21(28)26-17-14-18(24-10-23-17)27(11-25-14)19-16-15(13(33-19)9-32-36(29,30)31)34-20(35-16)12-6-4-3-5-7-12/h3-7,10-11,13,15-16,19-20H,2,8-9H2,1H3,(H2,29,30,31)(H2,22,23,24,26,28)/t13-,15-,16-,19-,20?/m1/s1. The molecule has 14 nitrogen and oxygen atoms in total. The van der Waals surface area contributed by atoms with Crippen molar-refractivity contribution < 1.29 is 37.9 Å². The molecule has 1 aromatic carbocycles. The number of phosphoric ester groups is 1. The summed E-state index contributed by atoms with van der Waals surface area (Å²) in [6, 6.07) is 8.85. The van der Waals surface area contributed by atoms with Crippen LogP contribution in [-0.2, 0) is 23.3 Å². The van der Waals surface area contributed by atoms with Gasteiger partial charge in [-0.05, 0) is 6.42 Å². The molecular weight excluding hydrogens is 495 g/mol. The summed E-state index contributed by atoms with van der Waals surface area (Å²) in [5.41, 5.74) is 1.48. The second-order valence-corrected chi connectivity index (χ2v) is 9.46. The van der Waals surface area contributed by atoms with E-state index in [2.05, 4.69) is 25.6 Å². The minimum atomic E-state index is -4.74. The van der Waals surface area contributed by atoms with Crippen LogP contribution in [0.1, 0.15) is 31.4 Å². The fraction of sp³-hybridized carbons (Fsp3) is 0.429. The normalized spacial score (nSPS) is 25.7. The number of phosphoric acid groups is 1. The minimum Gasteiger partial charge on any atom is -0.347 e. The molecule has 2 fully saturated rings. The molecule has 0 aliphatic carbocycles. The van der Waals surface area contributed by atoms with Gasteiger partial charge in [-0.2, -0.15) is 0 Å². The van der Waals surface area contributed by atoms with E-state index in [1.807, 2.05) is 37.3 Å². The number of aromatic nitrogens is 4. The maximum Gasteiger partial charge on any atom is 0.469 e. The van der Waals surface area contributed by atoms with Crippen LogP contribution in [0, 0.1) is 0 Å². The van der Waals surface area contributed by atoms with Crippen molar-refractivity contribution in [1.29, 1.82) is 0 Å². The van der Waals surface area contributed by atoms with Gasteiger partial charge in [0, 0.05) is 12.1 Å². The number of hydrogen-bond donors (Lipinski definition) is 4. The third kappa shape index (κ3) is 5.11. The van der Waals surface area contributed by atoms with Gasteiger partial charge in [-0.3, -0.25) is 14.4 Å². The number of urea groups is 1. The monoisotopic (exact) mass is 520 g/mol. The highest BCUT2D eigenvalue weighted by Crippen LogP contribution is 2.46. The van der Waals surface area contributed by atoms with Crippen LogP contribution >= 0.6 is 7.82 Å². The van der Waals surface area contributed by atoms with Gasteiger partial charge in [-0.25, -0.2) is 24.3 Å². The Morgan fingerprint density at radius 2 is 1.92 bits per heavy atom. The molecule has 2 aliphatic heterocycles. The van der Waals surface area contributed by atoms with Crippen LogP contribution in [0.25, 0.3) is 11.2 Å². The second-order valence-electron chi connectivity index (χ2n) is 8.22. The van der Waals surface area contributed by atoms with Gasteiger partial charge in [0.25, 0.3) is 0 Å². The second kappa shape index (κ2) is 10.2. The van der Waals surface area contributed by atoms with Crippen LogP contribution < -0.4 is 10.6 Å². The molecule has 2 amide bonds. The number of benzene rings is 1. The summed E-state index contributed by atoms with van der Waals surface area (Å²) < 4.78 is 36.0. The topological polar surface area (TPSA) is 179 Å². The molecule has 0 saturated carbocycles. The number of nitrogens with one attached hydrogen (secondary N) is 2. The van der Waals surface area contributed by atoms with Gasteiger partial charge in [0.2, 0.25) is 0 Å². The quantitative estimate of drug-likeness (QED) is 0.318. The van der Waals surface area contributed by atoms with E-state index in [-0.39, 0.29) is 5.82 Å². The number of amides is 2. The SMILES string of the molecule is CCCNC(=O)Nc1ncnc2c1ncn2[C@@H]1O[C@H](COP(=O)(O)O)[C@H]2OC(c3ccccc3)O[C@H]21. The number of imidazole rings is 1. The number of rotatable bonds is 8. The highest BCUT2D eigenvalue weighted by molar-refractivity contribution is 7.46. The van der Waals surface area contributed by atoms with Crippen molar-refractivity contribution in [2.24, 2.45) is 0 Å². The number of carbonyl (C=O) groups excluding carboxylic acids is 1. The Kier molecular flexibility index (Phi) is 6.99. The van der Waals surface area contributed by atoms with Crippen LogP contribution in [0.2, 0.25) is 0 Å². The van der Waals surface area contributed by atoms with Crippen molar-refractivity contribution in [1.82, 2.24) is 24.8 Å². The molecule has 5 rings (SSSR count). The number of carbonyl (C=O) groups is 1. The molecule has 192 valence electrons. The summed E-state index contributed by atoms with van der Waals surface area (Å²) in [7, 11) is -4.74. The molecule has 4 heterocycles. The van der Waals surface area contributed by atoms with E-state index in [1.165, 1.54) is 12.7 Å². The van der Waals surface area contributed by atoms with E-state index >= 15 is 0 Å². The number of anilines is 1. The van der Waals surface area contributed by atoms with Crippen molar-refractivity contribution >= 4 is 30.8 Å². The largest absolute Gasteiger partial charge is 0.469 e. The zero-order valence-electron chi connectivity index (χ0n) is 19.1. The molecule has 0 bridgehead atoms. The van der Waals surface area contributed by atoms with Gasteiger partial charge in [-0.1, -0.05) is 37.3 Å². The number of nitrogens with zero attached hydrogens (tertiary/aromatic N) is 4. The minimum absolute atomic E-state index is 0.217. The molecular formula is C21H25N6O8P. The van der Waals surface area contributed by atoms with Crippen LogP contribution in [-0.4, -0.2) is 66.8 Å². The van der Waals surface area contributed by atoms with Gasteiger partial charge in [0.05, 0.1) is 12.9 Å². The molecule has 4 N–H and O–H groups in total. The van der Waals surface area contributed by atoms with E-state index in [9.17, 15) is 19.1 Å². The van der Waals surface area contributed by atoms with Gasteiger partial charge in [0.15, 0.2) is 29.5 Å². The Morgan fingerprint density at radius 1 is 1.14 bits per heavy atom. The third-order valence-corrected chi connectivity index (χ3v) is 6.21. The van der Waals surface area contributed by atoms with Gasteiger partial charge in [-0.15, -0.1) is 0 Å². The maximum absolute atomic E-state index is 12.1. The Bertz CT molecular complexity index is 1270. The zero-order chi connectivity index (χ0) is 25.3. The average molecular weight is 520 g/mol. The summed E-state index contributed by atoms with van der Waals surface area (Å²) >= 11 is 0. The van der Waals surface area contributed by atoms with Gasteiger partial charge < -0.3 is 29.3 Å². The van der Waals surface area contributed by atoms with Crippen LogP contribution in [0.15, 0.2) is 43.0 Å². The van der Waals surface area contributed by atoms with Crippen LogP contribution in [0.3, 0.4) is 0 Å². The Balaban J connectivity index is 1.43. The third-order valence-electron chi connectivity index (χ3n) is 5.73. The van der Waals surface area contributed by atoms with E-state index in [0.717, 1.165) is 12.0 Å². The highest BCUT2D eigenvalue weighted by Gasteiger charge is 2.54. The van der Waals surface area contributed by atoms with Crippen molar-refractivity contribution in [3.05, 3.63) is 48.5 Å². The summed E-state index contributed by atoms with van der Waals surface area (Å²) in [4.78, 5) is 43.3. The van der Waals surface area contributed by atoms with Crippen LogP contribution in [0.4, 0.5) is 10.6 Å². The predicted molar refractivity (Wildman–Crippen MR) is 123 cm³/mol. The molecule has 36 heavy (non-hydrogen) atoms. The zero-order valence-corrected chi connectivity index (χ0v) is 20.0. The Morgan fingerprint density at radius 3 is 2.67 bits per heavy atom. The lowest BCUT2D eigenvalue weighted by molar-refractivity contribution is -0.152. The summed E-state index contributed by atoms with van der Waals surface area (Å²) in [5.74, 6) is 0.217. The summed E-state index contributed by atoms with van der Waals surface area (Å²) in [6.07, 6.45) is -0.192. The molecule has 2 aliphatic rings. The molecule has 3 aromatic rings. The van der Waals surface area contributed by atoms with Gasteiger partial charge in [0.1, 0.15) is 24.6 Å². The fourth-order valence-corrected chi connectivity index (χ4v) is 4.49. The summed E-state index contributed by atoms with van der Waals surface area (Å²) in [6.45, 7) is 2.03. The maximum atomic E-state index is 12.1. The first-order valence-corrected chi connectivity index (χ1v) is 12.8. The van der Waals surface area contributed by atoms with E-state index < -0.39 is 51.3 Å². The van der Waals surface area contributed by atoms with E-state index in [0.29, 0.717) is 17.7 Å². The van der Waals surface area contributed by atoms with Crippen molar-refractivity contribution in [3.8, 4) is 0 Å². The van der Waals surface area contributed by atoms with Crippen molar-refractivity contribution in [2.75, 3.05) is 18.5 Å². The van der Waals surface area contributed by atoms with Gasteiger partial charge >= 0.3 is 13.9 Å². The first-order valence-electron chi connectivity index (χ1n) is 11.3. The Hall–Kier alpha value is -2.97. The lowest BCUT2D eigenvalue weighted by Crippen LogP contribution is -2.31. The molecule has 5 atom stereocenters. The first kappa shape index (κ1) is 24.7. The lowest BCUT2D eigenvalue weighted by Gasteiger charge is -2.21. The number of hydrogen-bond acceptors (Lipinski definition) is 9. The van der Waals surface area contributed by atoms with Crippen LogP contribution in [0.5, 0.6) is 0 Å². The molecule has 2 aromatic heterocycles. The predicted octanol–water partition coefficient (Wildman–Crippen LogP) is 1.85. The molecule has 1 unspecified atom stereocenters. The molecule has 2 saturated heterocycles. The van der Waals surface area contributed by atoms with E-state index in [1.54, 1.807) is 4.57 Å². The number of fused-ring (bicyclic) bond motifs is 2. The van der Waals surface area contributed by atoms with E-state index in [4.69, 9.17) is 18.7 Å². The lowest BCUT2D eigenvalue weighted by atomic mass is 10.1. The van der Waals surface area contributed by atoms with Crippen molar-refractivity contribution in [2.45, 2.75) is 44.2 Å². The first-order chi connectivity index (χ1) is 17.3. The Labute approximate surface area is 205 Å². The van der Waals surface area contributed by atoms with Crippen molar-refractivity contribution in [3.63, 3.8) is 0 Å². The average Bonchev–Trinajstić information content (AvgIpc) is 3.56. The molecule has 15 heteroatoms. The molecule has 0 radical (unpaired) electrons. The summed E-state index contributed by atoms with van der Waals surface area (Å²) in [5, 5.41) is 5.37. The molecule has 0 spiro atoms.